The van der Waals surface area contributed by atoms with Crippen molar-refractivity contribution in [1.29, 1.82) is 0 Å². The first-order valence-electron chi connectivity index (χ1n) is 5.68. The molecule has 100 valence electrons. The van der Waals surface area contributed by atoms with Gasteiger partial charge in [-0.2, -0.15) is 0 Å². The Bertz CT molecular complexity index is 269. The number of aliphatic hydroxyl groups excluding tert-OH is 1. The average molecular weight is 247 g/mol. The Labute approximate surface area is 101 Å². The molecule has 0 aliphatic carbocycles. The normalized spacial score (nSPS) is 29.7. The van der Waals surface area contributed by atoms with Crippen molar-refractivity contribution in [2.24, 2.45) is 0 Å². The fourth-order valence-electron chi connectivity index (χ4n) is 2.09. The van der Waals surface area contributed by atoms with E-state index in [-0.39, 0.29) is 25.4 Å². The summed E-state index contributed by atoms with van der Waals surface area (Å²) in [5, 5.41) is 19.0. The molecular formula is C11H21NO5. The van der Waals surface area contributed by atoms with Crippen LogP contribution in [-0.4, -0.2) is 72.2 Å². The van der Waals surface area contributed by atoms with Gasteiger partial charge in [0.1, 0.15) is 0 Å². The van der Waals surface area contributed by atoms with Crippen LogP contribution < -0.4 is 0 Å². The Hall–Kier alpha value is -0.690. The highest BCUT2D eigenvalue weighted by Crippen LogP contribution is 2.15. The SMILES string of the molecule is COC(=O)C(C)(O)CN1CC(C)OC(CO)C1. The molecule has 3 unspecified atom stereocenters. The van der Waals surface area contributed by atoms with Crippen LogP contribution in [0.15, 0.2) is 0 Å². The molecule has 0 aromatic rings. The molecule has 17 heavy (non-hydrogen) atoms. The first kappa shape index (κ1) is 14.4. The van der Waals surface area contributed by atoms with Gasteiger partial charge < -0.3 is 19.7 Å². The van der Waals surface area contributed by atoms with Crippen LogP contribution in [0.1, 0.15) is 13.8 Å². The number of hydrogen-bond acceptors (Lipinski definition) is 6. The average Bonchev–Trinajstić information content (AvgIpc) is 2.26. The smallest absolute Gasteiger partial charge is 0.338 e. The number of methoxy groups -OCH3 is 1. The second kappa shape index (κ2) is 5.77. The van der Waals surface area contributed by atoms with Crippen molar-refractivity contribution in [3.8, 4) is 0 Å². The van der Waals surface area contributed by atoms with Gasteiger partial charge in [-0.3, -0.25) is 4.90 Å². The minimum atomic E-state index is -1.54. The fraction of sp³-hybridized carbons (Fsp3) is 0.909. The summed E-state index contributed by atoms with van der Waals surface area (Å²) in [6.07, 6.45) is -0.304. The Morgan fingerprint density at radius 1 is 1.59 bits per heavy atom. The number of aliphatic hydroxyl groups is 2. The second-order valence-electron chi connectivity index (χ2n) is 4.71. The molecule has 3 atom stereocenters. The number of nitrogens with zero attached hydrogens (tertiary/aromatic N) is 1. The Kier molecular flexibility index (Phi) is 4.88. The van der Waals surface area contributed by atoms with Gasteiger partial charge in [-0.15, -0.1) is 0 Å². The van der Waals surface area contributed by atoms with Crippen molar-refractivity contribution < 1.29 is 24.5 Å². The van der Waals surface area contributed by atoms with Gasteiger partial charge in [0.2, 0.25) is 0 Å². The zero-order chi connectivity index (χ0) is 13.1. The van der Waals surface area contributed by atoms with Crippen molar-refractivity contribution in [3.05, 3.63) is 0 Å². The van der Waals surface area contributed by atoms with E-state index in [1.54, 1.807) is 0 Å². The van der Waals surface area contributed by atoms with E-state index in [2.05, 4.69) is 4.74 Å². The van der Waals surface area contributed by atoms with Crippen LogP contribution in [-0.2, 0) is 14.3 Å². The third-order valence-corrected chi connectivity index (χ3v) is 2.76. The zero-order valence-electron chi connectivity index (χ0n) is 10.5. The van der Waals surface area contributed by atoms with Crippen molar-refractivity contribution in [1.82, 2.24) is 4.90 Å². The minimum absolute atomic E-state index is 0.0330. The molecule has 1 aliphatic rings. The molecule has 0 radical (unpaired) electrons. The largest absolute Gasteiger partial charge is 0.467 e. The molecule has 0 spiro atoms. The van der Waals surface area contributed by atoms with Crippen molar-refractivity contribution in [2.45, 2.75) is 31.7 Å². The molecule has 0 aromatic carbocycles. The lowest BCUT2D eigenvalue weighted by Gasteiger charge is -2.38. The zero-order valence-corrected chi connectivity index (χ0v) is 10.5. The van der Waals surface area contributed by atoms with Gasteiger partial charge in [-0.1, -0.05) is 0 Å². The van der Waals surface area contributed by atoms with E-state index >= 15 is 0 Å². The van der Waals surface area contributed by atoms with Gasteiger partial charge >= 0.3 is 5.97 Å². The lowest BCUT2D eigenvalue weighted by atomic mass is 10.1. The Balaban J connectivity index is 2.58. The molecule has 6 nitrogen and oxygen atoms in total. The number of hydrogen-bond donors (Lipinski definition) is 2. The highest BCUT2D eigenvalue weighted by molar-refractivity contribution is 5.78. The molecule has 0 amide bonds. The van der Waals surface area contributed by atoms with Crippen LogP contribution in [0, 0.1) is 0 Å². The van der Waals surface area contributed by atoms with Gasteiger partial charge in [0.15, 0.2) is 5.60 Å². The third-order valence-electron chi connectivity index (χ3n) is 2.76. The predicted molar refractivity (Wildman–Crippen MR) is 60.5 cm³/mol. The molecule has 1 aliphatic heterocycles. The number of carbonyl (C=O) groups excluding carboxylic acids is 1. The quantitative estimate of drug-likeness (QED) is 0.620. The standard InChI is InChI=1S/C11H21NO5/c1-8-4-12(5-9(6-13)17-8)7-11(2,15)10(14)16-3/h8-9,13,15H,4-7H2,1-3H3. The number of carbonyl (C=O) groups is 1. The monoisotopic (exact) mass is 247 g/mol. The number of ether oxygens (including phenoxy) is 2. The topological polar surface area (TPSA) is 79.2 Å². The van der Waals surface area contributed by atoms with Crippen LogP contribution >= 0.6 is 0 Å². The molecule has 0 aromatic heterocycles. The molecular weight excluding hydrogens is 226 g/mol. The van der Waals surface area contributed by atoms with E-state index in [1.807, 2.05) is 11.8 Å². The fourth-order valence-corrected chi connectivity index (χ4v) is 2.09. The van der Waals surface area contributed by atoms with Crippen LogP contribution in [0.3, 0.4) is 0 Å². The van der Waals surface area contributed by atoms with E-state index in [9.17, 15) is 9.90 Å². The molecule has 2 N–H and O–H groups in total. The van der Waals surface area contributed by atoms with Gasteiger partial charge in [-0.05, 0) is 13.8 Å². The van der Waals surface area contributed by atoms with Crippen LogP contribution in [0.25, 0.3) is 0 Å². The molecule has 6 heteroatoms. The predicted octanol–water partition coefficient (Wildman–Crippen LogP) is -1.01. The number of β-amino-alcohol motifs (C(OH)–C–C–N with tert-alkyl or cyclic N) is 1. The van der Waals surface area contributed by atoms with Crippen molar-refractivity contribution in [2.75, 3.05) is 33.4 Å². The molecule has 0 bridgehead atoms. The number of esters is 1. The van der Waals surface area contributed by atoms with Crippen LogP contribution in [0.4, 0.5) is 0 Å². The lowest BCUT2D eigenvalue weighted by molar-refractivity contribution is -0.166. The summed E-state index contributed by atoms with van der Waals surface area (Å²) in [7, 11) is 1.25. The summed E-state index contributed by atoms with van der Waals surface area (Å²) >= 11 is 0. The lowest BCUT2D eigenvalue weighted by Crippen LogP contribution is -2.55. The highest BCUT2D eigenvalue weighted by atomic mass is 16.5. The summed E-state index contributed by atoms with van der Waals surface area (Å²) in [5.41, 5.74) is -1.54. The summed E-state index contributed by atoms with van der Waals surface area (Å²) < 4.78 is 10.0. The molecule has 1 heterocycles. The second-order valence-corrected chi connectivity index (χ2v) is 4.71. The summed E-state index contributed by atoms with van der Waals surface area (Å²) in [5.74, 6) is -0.655. The van der Waals surface area contributed by atoms with Crippen LogP contribution in [0.2, 0.25) is 0 Å². The number of morpholine rings is 1. The summed E-state index contributed by atoms with van der Waals surface area (Å²) in [6.45, 7) is 4.53. The van der Waals surface area contributed by atoms with Crippen LogP contribution in [0.5, 0.6) is 0 Å². The minimum Gasteiger partial charge on any atom is -0.467 e. The maximum atomic E-state index is 11.4. The van der Waals surface area contributed by atoms with Gasteiger partial charge in [0.25, 0.3) is 0 Å². The van der Waals surface area contributed by atoms with E-state index in [0.717, 1.165) is 0 Å². The van der Waals surface area contributed by atoms with Crippen molar-refractivity contribution in [3.63, 3.8) is 0 Å². The molecule has 1 rings (SSSR count). The van der Waals surface area contributed by atoms with Gasteiger partial charge in [-0.25, -0.2) is 4.79 Å². The van der Waals surface area contributed by atoms with E-state index in [4.69, 9.17) is 9.84 Å². The Morgan fingerprint density at radius 3 is 2.76 bits per heavy atom. The molecule has 0 saturated carbocycles. The van der Waals surface area contributed by atoms with E-state index < -0.39 is 11.6 Å². The molecule has 1 fully saturated rings. The highest BCUT2D eigenvalue weighted by Gasteiger charge is 2.36. The Morgan fingerprint density at radius 2 is 2.24 bits per heavy atom. The van der Waals surface area contributed by atoms with Crippen molar-refractivity contribution >= 4 is 5.97 Å². The van der Waals surface area contributed by atoms with Gasteiger partial charge in [0.05, 0.1) is 25.9 Å². The van der Waals surface area contributed by atoms with E-state index in [0.29, 0.717) is 13.1 Å². The molecule has 1 saturated heterocycles. The maximum Gasteiger partial charge on any atom is 0.338 e. The number of rotatable bonds is 4. The van der Waals surface area contributed by atoms with Gasteiger partial charge in [0, 0.05) is 19.6 Å². The van der Waals surface area contributed by atoms with E-state index in [1.165, 1.54) is 14.0 Å². The first-order valence-corrected chi connectivity index (χ1v) is 5.68. The summed E-state index contributed by atoms with van der Waals surface area (Å²) in [6, 6.07) is 0. The third kappa shape index (κ3) is 3.92. The summed E-state index contributed by atoms with van der Waals surface area (Å²) in [4.78, 5) is 13.3. The maximum absolute atomic E-state index is 11.4. The first-order chi connectivity index (χ1) is 7.89.